The summed E-state index contributed by atoms with van der Waals surface area (Å²) < 4.78 is 7.00. The summed E-state index contributed by atoms with van der Waals surface area (Å²) >= 11 is 6.42. The van der Waals surface area contributed by atoms with Crippen LogP contribution in [0.3, 0.4) is 0 Å². The van der Waals surface area contributed by atoms with Crippen LogP contribution in [0.4, 0.5) is 0 Å². The first-order valence-electron chi connectivity index (χ1n) is 11.7. The number of likely N-dealkylation sites (tertiary alicyclic amines) is 1. The van der Waals surface area contributed by atoms with E-state index in [1.165, 1.54) is 15.9 Å². The summed E-state index contributed by atoms with van der Waals surface area (Å²) in [5, 5.41) is 13.7. The third kappa shape index (κ3) is 4.32. The van der Waals surface area contributed by atoms with E-state index in [0.29, 0.717) is 17.2 Å². The molecule has 11 heteroatoms. The first kappa shape index (κ1) is 22.9. The van der Waals surface area contributed by atoms with Crippen molar-refractivity contribution in [1.82, 2.24) is 30.4 Å². The third-order valence-corrected chi connectivity index (χ3v) is 7.60. The van der Waals surface area contributed by atoms with Crippen LogP contribution in [0.25, 0.3) is 5.69 Å². The molecule has 2 aromatic rings. The number of halogens is 1. The molecule has 0 bridgehead atoms. The molecule has 0 radical (unpaired) electrons. The Labute approximate surface area is 202 Å². The van der Waals surface area contributed by atoms with Crippen molar-refractivity contribution in [3.8, 4) is 5.69 Å². The Bertz CT molecular complexity index is 1070. The number of aromatic nitrogens is 4. The highest BCUT2D eigenvalue weighted by Gasteiger charge is 2.53. The minimum atomic E-state index is -0.743. The molecule has 180 valence electrons. The van der Waals surface area contributed by atoms with Gasteiger partial charge in [0, 0.05) is 12.1 Å². The number of alkyl halides is 1. The van der Waals surface area contributed by atoms with Crippen LogP contribution >= 0.6 is 11.6 Å². The number of nitrogens with zero attached hydrogens (tertiary/aromatic N) is 5. The Kier molecular flexibility index (Phi) is 6.35. The van der Waals surface area contributed by atoms with Crippen LogP contribution in [-0.2, 0) is 14.3 Å². The molecule has 0 spiro atoms. The minimum Gasteiger partial charge on any atom is -0.366 e. The summed E-state index contributed by atoms with van der Waals surface area (Å²) in [6.07, 6.45) is 4.60. The summed E-state index contributed by atoms with van der Waals surface area (Å²) in [6.45, 7) is 2.39. The summed E-state index contributed by atoms with van der Waals surface area (Å²) in [5.41, 5.74) is 1.03. The molecule has 5 rings (SSSR count). The lowest BCUT2D eigenvalue weighted by Gasteiger charge is -2.35. The van der Waals surface area contributed by atoms with Gasteiger partial charge in [-0.2, -0.15) is 0 Å². The number of hydrogen-bond donors (Lipinski definition) is 1. The van der Waals surface area contributed by atoms with E-state index < -0.39 is 23.6 Å². The first-order chi connectivity index (χ1) is 16.4. The molecule has 2 saturated heterocycles. The number of ether oxygens (including phenoxy) is 1. The maximum absolute atomic E-state index is 13.8. The lowest BCUT2D eigenvalue weighted by atomic mass is 9.78. The number of benzene rings is 1. The molecule has 1 aliphatic carbocycles. The number of carbonyl (C=O) groups excluding carboxylic acids is 3. The van der Waals surface area contributed by atoms with Gasteiger partial charge in [0.25, 0.3) is 5.91 Å². The maximum atomic E-state index is 13.8. The fourth-order valence-electron chi connectivity index (χ4n) is 5.30. The predicted octanol–water partition coefficient (Wildman–Crippen LogP) is 1.37. The topological polar surface area (TPSA) is 119 Å². The van der Waals surface area contributed by atoms with Crippen LogP contribution in [0.1, 0.15) is 43.0 Å². The average molecular weight is 487 g/mol. The monoisotopic (exact) mass is 486 g/mol. The summed E-state index contributed by atoms with van der Waals surface area (Å²) in [5.74, 6) is -0.192. The predicted molar refractivity (Wildman–Crippen MR) is 121 cm³/mol. The van der Waals surface area contributed by atoms with Crippen molar-refractivity contribution < 1.29 is 19.1 Å². The Balaban J connectivity index is 1.39. The molecular formula is C23H27ClN6O4. The standard InChI is InChI=1S/C23H27ClN6O4/c1-13-5-7-14(8-6-13)19(23(33)29-10-17(24)21-20(29)18(31)11-34-21)26-22(32)15-3-2-4-16(9-15)30-12-25-27-28-30/h2-4,9,12-14,17,19-21H,5-8,10-11H2,1H3,(H,26,32)/t13-,14-,17-,19?,20-,21-/m1/s1. The highest BCUT2D eigenvalue weighted by molar-refractivity contribution is 6.22. The summed E-state index contributed by atoms with van der Waals surface area (Å²) in [6, 6.07) is 5.46. The van der Waals surface area contributed by atoms with Gasteiger partial charge >= 0.3 is 0 Å². The zero-order valence-electron chi connectivity index (χ0n) is 18.8. The van der Waals surface area contributed by atoms with Gasteiger partial charge in [0.05, 0.1) is 11.1 Å². The Morgan fingerprint density at radius 2 is 2.03 bits per heavy atom. The van der Waals surface area contributed by atoms with Gasteiger partial charge in [-0.3, -0.25) is 14.4 Å². The number of Topliss-reactive ketones (excluding diaryl/α,β-unsaturated/α-hetero) is 1. The van der Waals surface area contributed by atoms with Gasteiger partial charge in [-0.05, 0) is 53.3 Å². The van der Waals surface area contributed by atoms with E-state index in [0.717, 1.165) is 25.7 Å². The number of rotatable bonds is 5. The summed E-state index contributed by atoms with van der Waals surface area (Å²) in [7, 11) is 0. The number of carbonyl (C=O) groups is 3. The highest BCUT2D eigenvalue weighted by Crippen LogP contribution is 2.35. The van der Waals surface area contributed by atoms with Gasteiger partial charge in [-0.1, -0.05) is 25.8 Å². The van der Waals surface area contributed by atoms with Gasteiger partial charge in [0.1, 0.15) is 31.1 Å². The van der Waals surface area contributed by atoms with Gasteiger partial charge in [0.2, 0.25) is 5.91 Å². The fraction of sp³-hybridized carbons (Fsp3) is 0.565. The van der Waals surface area contributed by atoms with E-state index in [1.54, 1.807) is 24.3 Å². The number of amides is 2. The van der Waals surface area contributed by atoms with Crippen molar-refractivity contribution in [2.75, 3.05) is 13.2 Å². The molecule has 2 amide bonds. The molecule has 3 fully saturated rings. The molecule has 1 aromatic carbocycles. The van der Waals surface area contributed by atoms with Gasteiger partial charge in [0.15, 0.2) is 5.78 Å². The second-order valence-electron chi connectivity index (χ2n) is 9.47. The molecule has 34 heavy (non-hydrogen) atoms. The van der Waals surface area contributed by atoms with Crippen LogP contribution in [0, 0.1) is 11.8 Å². The van der Waals surface area contributed by atoms with E-state index in [-0.39, 0.29) is 36.7 Å². The van der Waals surface area contributed by atoms with Crippen LogP contribution in [0.2, 0.25) is 0 Å². The number of tetrazole rings is 1. The minimum absolute atomic E-state index is 0.0133. The van der Waals surface area contributed by atoms with Crippen LogP contribution in [0.15, 0.2) is 30.6 Å². The molecular weight excluding hydrogens is 460 g/mol. The fourth-order valence-corrected chi connectivity index (χ4v) is 5.66. The average Bonchev–Trinajstić information content (AvgIpc) is 3.58. The van der Waals surface area contributed by atoms with Crippen molar-refractivity contribution >= 4 is 29.2 Å². The van der Waals surface area contributed by atoms with E-state index in [2.05, 4.69) is 27.8 Å². The smallest absolute Gasteiger partial charge is 0.252 e. The van der Waals surface area contributed by atoms with Crippen molar-refractivity contribution in [3.05, 3.63) is 36.2 Å². The van der Waals surface area contributed by atoms with E-state index in [4.69, 9.17) is 16.3 Å². The third-order valence-electron chi connectivity index (χ3n) is 7.21. The van der Waals surface area contributed by atoms with Crippen LogP contribution in [-0.4, -0.2) is 79.4 Å². The van der Waals surface area contributed by atoms with Gasteiger partial charge in [-0.25, -0.2) is 4.68 Å². The van der Waals surface area contributed by atoms with Crippen LogP contribution in [0.5, 0.6) is 0 Å². The van der Waals surface area contributed by atoms with Crippen molar-refractivity contribution in [2.45, 2.75) is 56.2 Å². The van der Waals surface area contributed by atoms with E-state index in [9.17, 15) is 14.4 Å². The van der Waals surface area contributed by atoms with Crippen molar-refractivity contribution in [3.63, 3.8) is 0 Å². The zero-order chi connectivity index (χ0) is 23.8. The van der Waals surface area contributed by atoms with Crippen molar-refractivity contribution in [1.29, 1.82) is 0 Å². The molecule has 10 nitrogen and oxygen atoms in total. The number of hydrogen-bond acceptors (Lipinski definition) is 7. The molecule has 1 unspecified atom stereocenters. The largest absolute Gasteiger partial charge is 0.366 e. The Morgan fingerprint density at radius 1 is 1.24 bits per heavy atom. The van der Waals surface area contributed by atoms with Gasteiger partial charge in [-0.15, -0.1) is 16.7 Å². The number of ketones is 1. The maximum Gasteiger partial charge on any atom is 0.252 e. The van der Waals surface area contributed by atoms with Crippen molar-refractivity contribution in [2.24, 2.45) is 11.8 Å². The first-order valence-corrected chi connectivity index (χ1v) is 12.1. The molecule has 4 atom stereocenters. The quantitative estimate of drug-likeness (QED) is 0.634. The lowest BCUT2D eigenvalue weighted by Crippen LogP contribution is -2.55. The van der Waals surface area contributed by atoms with E-state index in [1.807, 2.05) is 0 Å². The van der Waals surface area contributed by atoms with E-state index >= 15 is 0 Å². The van der Waals surface area contributed by atoms with Crippen LogP contribution < -0.4 is 5.32 Å². The number of fused-ring (bicyclic) bond motifs is 1. The SMILES string of the molecule is C[C@H]1CC[C@H](C(NC(=O)c2cccc(-n3cnnn3)c2)C(=O)N2C[C@@H](Cl)[C@H]3OCC(=O)[C@H]32)CC1. The summed E-state index contributed by atoms with van der Waals surface area (Å²) in [4.78, 5) is 41.1. The normalized spacial score (nSPS) is 29.6. The molecule has 1 saturated carbocycles. The second-order valence-corrected chi connectivity index (χ2v) is 10.0. The molecule has 2 aliphatic heterocycles. The Morgan fingerprint density at radius 3 is 2.76 bits per heavy atom. The highest BCUT2D eigenvalue weighted by atomic mass is 35.5. The molecule has 1 aromatic heterocycles. The van der Waals surface area contributed by atoms with Gasteiger partial charge < -0.3 is 15.0 Å². The molecule has 3 aliphatic rings. The molecule has 3 heterocycles. The lowest BCUT2D eigenvalue weighted by molar-refractivity contribution is -0.139. The zero-order valence-corrected chi connectivity index (χ0v) is 19.6. The molecule has 1 N–H and O–H groups in total. The Hall–Kier alpha value is -2.85. The number of nitrogens with one attached hydrogen (secondary N) is 1. The second kappa shape index (κ2) is 9.42.